The molecule has 0 atom stereocenters. The molecule has 33 heavy (non-hydrogen) atoms. The number of hydrazone groups is 1. The number of benzene rings is 3. The van der Waals surface area contributed by atoms with E-state index in [1.165, 1.54) is 19.4 Å². The van der Waals surface area contributed by atoms with Crippen molar-refractivity contribution >= 4 is 23.0 Å². The molecule has 7 nitrogen and oxygen atoms in total. The van der Waals surface area contributed by atoms with Crippen LogP contribution in [0.1, 0.15) is 22.8 Å². The van der Waals surface area contributed by atoms with E-state index in [1.54, 1.807) is 18.2 Å². The third-order valence-corrected chi connectivity index (χ3v) is 5.01. The monoisotopic (exact) mass is 441 g/mol. The van der Waals surface area contributed by atoms with E-state index in [-0.39, 0.29) is 11.7 Å². The average Bonchev–Trinajstić information content (AvgIpc) is 2.85. The van der Waals surface area contributed by atoms with Gasteiger partial charge in [0.15, 0.2) is 11.5 Å². The molecule has 0 aliphatic carbocycles. The highest BCUT2D eigenvalue weighted by Crippen LogP contribution is 2.31. The van der Waals surface area contributed by atoms with Crippen molar-refractivity contribution < 1.29 is 19.4 Å². The Kier molecular flexibility index (Phi) is 6.50. The molecule has 0 saturated carbocycles. The summed E-state index contributed by atoms with van der Waals surface area (Å²) in [6, 6.07) is 21.6. The van der Waals surface area contributed by atoms with E-state index in [0.717, 1.165) is 5.56 Å². The van der Waals surface area contributed by atoms with Crippen molar-refractivity contribution in [1.82, 2.24) is 10.4 Å². The Labute approximate surface area is 191 Å². The lowest BCUT2D eigenvalue weighted by molar-refractivity contribution is 0.0956. The Balaban J connectivity index is 1.68. The summed E-state index contributed by atoms with van der Waals surface area (Å²) >= 11 is 0. The number of nitrogens with zero attached hydrogens (tertiary/aromatic N) is 2. The first kappa shape index (κ1) is 21.8. The summed E-state index contributed by atoms with van der Waals surface area (Å²) in [5.74, 6) is 0.684. The number of aromatic hydroxyl groups is 1. The van der Waals surface area contributed by atoms with E-state index in [4.69, 9.17) is 14.5 Å². The Morgan fingerprint density at radius 2 is 1.85 bits per heavy atom. The molecule has 166 valence electrons. The number of carbonyl (C=O) groups excluding carboxylic acids is 1. The van der Waals surface area contributed by atoms with Crippen LogP contribution in [0, 0.1) is 0 Å². The van der Waals surface area contributed by atoms with Crippen molar-refractivity contribution in [2.45, 2.75) is 6.92 Å². The van der Waals surface area contributed by atoms with Crippen molar-refractivity contribution in [3.8, 4) is 28.5 Å². The topological polar surface area (TPSA) is 93.0 Å². The standard InChI is InChI=1S/C26H23N3O4/c1-3-33-24-11-7-5-9-19(24)22-15-20(18-8-4-6-10-21(18)28-22)26(31)29-27-16-17-12-13-23(30)25(14-17)32-2/h4-16,30H,3H2,1-2H3,(H,29,31)/b27-16-. The third-order valence-electron chi connectivity index (χ3n) is 5.01. The van der Waals surface area contributed by atoms with Crippen LogP contribution in [0.2, 0.25) is 0 Å². The number of hydrogen-bond acceptors (Lipinski definition) is 6. The molecule has 0 fully saturated rings. The molecule has 1 amide bonds. The van der Waals surface area contributed by atoms with Gasteiger partial charge in [-0.3, -0.25) is 4.79 Å². The van der Waals surface area contributed by atoms with Crippen LogP contribution in [0.25, 0.3) is 22.2 Å². The summed E-state index contributed by atoms with van der Waals surface area (Å²) in [5, 5.41) is 14.5. The van der Waals surface area contributed by atoms with Crippen LogP contribution in [-0.2, 0) is 0 Å². The predicted molar refractivity (Wildman–Crippen MR) is 128 cm³/mol. The van der Waals surface area contributed by atoms with Crippen molar-refractivity contribution in [1.29, 1.82) is 0 Å². The molecule has 1 heterocycles. The summed E-state index contributed by atoms with van der Waals surface area (Å²) in [4.78, 5) is 17.8. The van der Waals surface area contributed by atoms with Gasteiger partial charge in [0.05, 0.1) is 36.7 Å². The van der Waals surface area contributed by atoms with Gasteiger partial charge in [-0.15, -0.1) is 0 Å². The van der Waals surface area contributed by atoms with Crippen LogP contribution in [-0.4, -0.2) is 35.9 Å². The average molecular weight is 441 g/mol. The van der Waals surface area contributed by atoms with Gasteiger partial charge in [0.1, 0.15) is 5.75 Å². The van der Waals surface area contributed by atoms with Crippen molar-refractivity contribution in [2.24, 2.45) is 5.10 Å². The van der Waals surface area contributed by atoms with Gasteiger partial charge in [-0.05, 0) is 55.0 Å². The largest absolute Gasteiger partial charge is 0.504 e. The van der Waals surface area contributed by atoms with Gasteiger partial charge in [0.25, 0.3) is 5.91 Å². The molecule has 1 aromatic heterocycles. The molecular formula is C26H23N3O4. The van der Waals surface area contributed by atoms with Gasteiger partial charge in [0.2, 0.25) is 0 Å². The second-order valence-electron chi connectivity index (χ2n) is 7.13. The number of phenolic OH excluding ortho intramolecular Hbond substituents is 1. The van der Waals surface area contributed by atoms with Crippen LogP contribution in [0.4, 0.5) is 0 Å². The summed E-state index contributed by atoms with van der Waals surface area (Å²) in [6.45, 7) is 2.44. The highest BCUT2D eigenvalue weighted by molar-refractivity contribution is 6.07. The van der Waals surface area contributed by atoms with E-state index in [9.17, 15) is 9.90 Å². The SMILES string of the molecule is CCOc1ccccc1-c1cc(C(=O)N/N=C\c2ccc(O)c(OC)c2)c2ccccc2n1. The molecule has 2 N–H and O–H groups in total. The summed E-state index contributed by atoms with van der Waals surface area (Å²) < 4.78 is 10.8. The minimum Gasteiger partial charge on any atom is -0.504 e. The first-order valence-electron chi connectivity index (χ1n) is 10.4. The number of hydrogen-bond donors (Lipinski definition) is 2. The van der Waals surface area contributed by atoms with E-state index < -0.39 is 0 Å². The fraction of sp³-hybridized carbons (Fsp3) is 0.115. The number of carbonyl (C=O) groups is 1. The quantitative estimate of drug-likeness (QED) is 0.318. The van der Waals surface area contributed by atoms with E-state index >= 15 is 0 Å². The van der Waals surface area contributed by atoms with Crippen molar-refractivity contribution in [2.75, 3.05) is 13.7 Å². The zero-order valence-electron chi connectivity index (χ0n) is 18.3. The first-order chi connectivity index (χ1) is 16.1. The van der Waals surface area contributed by atoms with Crippen LogP contribution in [0.5, 0.6) is 17.2 Å². The molecule has 0 radical (unpaired) electrons. The number of amides is 1. The van der Waals surface area contributed by atoms with E-state index in [1.807, 2.05) is 55.5 Å². The highest BCUT2D eigenvalue weighted by Gasteiger charge is 2.15. The number of methoxy groups -OCH3 is 1. The highest BCUT2D eigenvalue weighted by atomic mass is 16.5. The molecule has 0 unspecified atom stereocenters. The number of rotatable bonds is 7. The number of phenols is 1. The molecule has 7 heteroatoms. The molecule has 0 spiro atoms. The van der Waals surface area contributed by atoms with Crippen LogP contribution >= 0.6 is 0 Å². The molecule has 0 saturated heterocycles. The van der Waals surface area contributed by atoms with Crippen LogP contribution < -0.4 is 14.9 Å². The Morgan fingerprint density at radius 3 is 2.67 bits per heavy atom. The fourth-order valence-electron chi connectivity index (χ4n) is 3.46. The lowest BCUT2D eigenvalue weighted by Crippen LogP contribution is -2.18. The lowest BCUT2D eigenvalue weighted by atomic mass is 10.0. The second-order valence-corrected chi connectivity index (χ2v) is 7.13. The van der Waals surface area contributed by atoms with Gasteiger partial charge >= 0.3 is 0 Å². The molecule has 0 aliphatic rings. The Morgan fingerprint density at radius 1 is 1.06 bits per heavy atom. The Bertz CT molecular complexity index is 1330. The van der Waals surface area contributed by atoms with Crippen LogP contribution in [0.15, 0.2) is 77.9 Å². The zero-order chi connectivity index (χ0) is 23.2. The second kappa shape index (κ2) is 9.82. The smallest absolute Gasteiger partial charge is 0.272 e. The van der Waals surface area contributed by atoms with Gasteiger partial charge < -0.3 is 14.6 Å². The molecule has 4 aromatic rings. The van der Waals surface area contributed by atoms with Gasteiger partial charge in [-0.1, -0.05) is 30.3 Å². The summed E-state index contributed by atoms with van der Waals surface area (Å²) in [6.07, 6.45) is 1.48. The fourth-order valence-corrected chi connectivity index (χ4v) is 3.46. The van der Waals surface area contributed by atoms with Gasteiger partial charge in [-0.25, -0.2) is 10.4 Å². The maximum Gasteiger partial charge on any atom is 0.272 e. The normalized spacial score (nSPS) is 11.0. The molecule has 3 aromatic carbocycles. The number of pyridine rings is 1. The Hall–Kier alpha value is -4.39. The van der Waals surface area contributed by atoms with Crippen LogP contribution in [0.3, 0.4) is 0 Å². The number of nitrogens with one attached hydrogen (secondary N) is 1. The van der Waals surface area contributed by atoms with Gasteiger partial charge in [0, 0.05) is 10.9 Å². The minimum atomic E-state index is -0.370. The number of para-hydroxylation sites is 2. The zero-order valence-corrected chi connectivity index (χ0v) is 18.3. The molecule has 4 rings (SSSR count). The number of aromatic nitrogens is 1. The van der Waals surface area contributed by atoms with E-state index in [2.05, 4.69) is 10.5 Å². The summed E-state index contributed by atoms with van der Waals surface area (Å²) in [5.41, 5.74) is 5.82. The van der Waals surface area contributed by atoms with Crippen molar-refractivity contribution in [3.05, 3.63) is 83.9 Å². The lowest BCUT2D eigenvalue weighted by Gasteiger charge is -2.12. The number of ether oxygens (including phenoxy) is 2. The maximum absolute atomic E-state index is 13.1. The minimum absolute atomic E-state index is 0.0294. The van der Waals surface area contributed by atoms with E-state index in [0.29, 0.717) is 45.8 Å². The molecule has 0 bridgehead atoms. The number of fused-ring (bicyclic) bond motifs is 1. The predicted octanol–water partition coefficient (Wildman–Crippen LogP) is 4.78. The van der Waals surface area contributed by atoms with Gasteiger partial charge in [-0.2, -0.15) is 5.10 Å². The third kappa shape index (κ3) is 4.77. The molecular weight excluding hydrogens is 418 g/mol. The molecule has 0 aliphatic heterocycles. The summed E-state index contributed by atoms with van der Waals surface area (Å²) in [7, 11) is 1.47. The van der Waals surface area contributed by atoms with Crippen molar-refractivity contribution in [3.63, 3.8) is 0 Å². The first-order valence-corrected chi connectivity index (χ1v) is 10.4. The maximum atomic E-state index is 13.1.